The van der Waals surface area contributed by atoms with Crippen LogP contribution in [0.4, 0.5) is 10.6 Å². The zero-order chi connectivity index (χ0) is 34.6. The standard InChI is InChI=1S/C36H45N5O6S/c1-8-10-15-32-37-30-21-39(35(43)46-36(5,6)7)20-29(30)34(42)40(32)19-25-16-17-27(26(18-25)22-45-9-2)28-13-11-12-14-31(28)48-41(44)33-23(3)24(4)47-38-33/h11-14,16-18,44H,8-10,15,19-22H2,1-7H3. The quantitative estimate of drug-likeness (QED) is 0.119. The molecule has 256 valence electrons. The Bertz CT molecular complexity index is 1830. The Labute approximate surface area is 285 Å². The van der Waals surface area contributed by atoms with Gasteiger partial charge in [0.25, 0.3) is 5.56 Å². The number of hydrogen-bond donors (Lipinski definition) is 1. The minimum atomic E-state index is -0.636. The maximum atomic E-state index is 14.0. The summed E-state index contributed by atoms with van der Waals surface area (Å²) in [7, 11) is 0. The van der Waals surface area contributed by atoms with Gasteiger partial charge in [-0.25, -0.2) is 9.78 Å². The fourth-order valence-electron chi connectivity index (χ4n) is 5.56. The van der Waals surface area contributed by atoms with E-state index in [-0.39, 0.29) is 18.6 Å². The normalized spacial score (nSPS) is 12.8. The molecule has 0 unspecified atom stereocenters. The lowest BCUT2D eigenvalue weighted by Crippen LogP contribution is -2.34. The predicted octanol–water partition coefficient (Wildman–Crippen LogP) is 7.60. The lowest BCUT2D eigenvalue weighted by atomic mass is 9.97. The Morgan fingerprint density at radius 3 is 2.56 bits per heavy atom. The smallest absolute Gasteiger partial charge is 0.410 e. The third-order valence-electron chi connectivity index (χ3n) is 8.17. The number of unbranched alkanes of at least 4 members (excludes halogenated alkanes) is 1. The van der Waals surface area contributed by atoms with Crippen LogP contribution in [0.15, 0.2) is 56.7 Å². The summed E-state index contributed by atoms with van der Waals surface area (Å²) in [6, 6.07) is 14.0. The van der Waals surface area contributed by atoms with Crippen molar-refractivity contribution in [2.24, 2.45) is 0 Å². The molecule has 0 fully saturated rings. The van der Waals surface area contributed by atoms with Gasteiger partial charge in [-0.15, -0.1) is 0 Å². The van der Waals surface area contributed by atoms with Gasteiger partial charge in [-0.1, -0.05) is 54.9 Å². The second-order valence-corrected chi connectivity index (χ2v) is 13.9. The fraction of sp³-hybridized carbons (Fsp3) is 0.444. The maximum absolute atomic E-state index is 14.0. The summed E-state index contributed by atoms with van der Waals surface area (Å²) in [5, 5.41) is 14.9. The molecule has 0 aliphatic carbocycles. The van der Waals surface area contributed by atoms with E-state index in [1.165, 1.54) is 0 Å². The number of aryl methyl sites for hydroxylation is 2. The molecule has 1 aliphatic rings. The molecule has 48 heavy (non-hydrogen) atoms. The lowest BCUT2D eigenvalue weighted by Gasteiger charge is -2.23. The SMILES string of the molecule is CCCCc1nc2c(c(=O)n1Cc1ccc(-c3ccccc3SN(O)c3noc(C)c3C)c(COCC)c1)CN(C(=O)OC(C)(C)C)C2. The van der Waals surface area contributed by atoms with Crippen LogP contribution in [0.1, 0.15) is 87.0 Å². The molecule has 0 saturated heterocycles. The lowest BCUT2D eigenvalue weighted by molar-refractivity contribution is 0.0240. The van der Waals surface area contributed by atoms with Crippen LogP contribution in [0.25, 0.3) is 11.1 Å². The number of anilines is 1. The van der Waals surface area contributed by atoms with Crippen LogP contribution in [0.3, 0.4) is 0 Å². The first kappa shape index (κ1) is 35.2. The van der Waals surface area contributed by atoms with Crippen molar-refractivity contribution in [1.82, 2.24) is 19.6 Å². The minimum absolute atomic E-state index is 0.129. The van der Waals surface area contributed by atoms with E-state index in [9.17, 15) is 14.8 Å². The summed E-state index contributed by atoms with van der Waals surface area (Å²) in [6.45, 7) is 14.9. The second kappa shape index (κ2) is 15.0. The Balaban J connectivity index is 1.48. The van der Waals surface area contributed by atoms with Crippen molar-refractivity contribution in [2.75, 3.05) is 11.1 Å². The van der Waals surface area contributed by atoms with E-state index in [1.807, 2.05) is 71.0 Å². The van der Waals surface area contributed by atoms with Gasteiger partial charge < -0.3 is 14.0 Å². The third kappa shape index (κ3) is 7.94. The molecule has 5 rings (SSSR count). The van der Waals surface area contributed by atoms with Gasteiger partial charge in [0.1, 0.15) is 17.2 Å². The molecular weight excluding hydrogens is 630 g/mol. The van der Waals surface area contributed by atoms with E-state index in [2.05, 4.69) is 18.1 Å². The maximum Gasteiger partial charge on any atom is 0.410 e. The van der Waals surface area contributed by atoms with Crippen LogP contribution in [0.2, 0.25) is 0 Å². The van der Waals surface area contributed by atoms with Crippen molar-refractivity contribution >= 4 is 23.9 Å². The number of nitrogens with zero attached hydrogens (tertiary/aromatic N) is 5. The highest BCUT2D eigenvalue weighted by Crippen LogP contribution is 2.38. The van der Waals surface area contributed by atoms with Crippen molar-refractivity contribution in [3.05, 3.63) is 92.4 Å². The molecular formula is C36H45N5O6S. The van der Waals surface area contributed by atoms with Crippen molar-refractivity contribution in [3.8, 4) is 11.1 Å². The molecule has 11 nitrogen and oxygen atoms in total. The monoisotopic (exact) mass is 675 g/mol. The molecule has 4 aromatic rings. The van der Waals surface area contributed by atoms with Crippen molar-refractivity contribution < 1.29 is 24.0 Å². The van der Waals surface area contributed by atoms with Crippen LogP contribution in [0.5, 0.6) is 0 Å². The second-order valence-electron chi connectivity index (χ2n) is 13.0. The van der Waals surface area contributed by atoms with Crippen LogP contribution in [-0.2, 0) is 42.1 Å². The first-order valence-corrected chi connectivity index (χ1v) is 17.2. The summed E-state index contributed by atoms with van der Waals surface area (Å²) < 4.78 is 19.5. The number of hydrogen-bond acceptors (Lipinski definition) is 10. The van der Waals surface area contributed by atoms with E-state index < -0.39 is 11.7 Å². The molecule has 1 N–H and O–H groups in total. The number of carbonyl (C=O) groups is 1. The number of carbonyl (C=O) groups excluding carboxylic acids is 1. The van der Waals surface area contributed by atoms with E-state index in [0.29, 0.717) is 54.8 Å². The highest BCUT2D eigenvalue weighted by Gasteiger charge is 2.32. The van der Waals surface area contributed by atoms with Crippen LogP contribution >= 0.6 is 11.9 Å². The zero-order valence-electron chi connectivity index (χ0n) is 28.8. The number of fused-ring (bicyclic) bond motifs is 1. The van der Waals surface area contributed by atoms with E-state index in [4.69, 9.17) is 19.0 Å². The van der Waals surface area contributed by atoms with Crippen LogP contribution in [0, 0.1) is 13.8 Å². The average Bonchev–Trinajstić information content (AvgIpc) is 3.63. The van der Waals surface area contributed by atoms with Crippen molar-refractivity contribution in [3.63, 3.8) is 0 Å². The molecule has 12 heteroatoms. The molecule has 2 aromatic carbocycles. The molecule has 2 aromatic heterocycles. The largest absolute Gasteiger partial charge is 0.444 e. The van der Waals surface area contributed by atoms with Gasteiger partial charge in [0.15, 0.2) is 0 Å². The molecule has 1 amide bonds. The number of ether oxygens (including phenoxy) is 2. The molecule has 3 heterocycles. The molecule has 0 spiro atoms. The van der Waals surface area contributed by atoms with Gasteiger partial charge in [-0.3, -0.25) is 19.5 Å². The number of aromatic nitrogens is 3. The average molecular weight is 676 g/mol. The van der Waals surface area contributed by atoms with Gasteiger partial charge >= 0.3 is 6.09 Å². The zero-order valence-corrected chi connectivity index (χ0v) is 29.6. The first-order valence-electron chi connectivity index (χ1n) is 16.4. The Morgan fingerprint density at radius 2 is 1.88 bits per heavy atom. The number of rotatable bonds is 12. The number of benzene rings is 2. The highest BCUT2D eigenvalue weighted by atomic mass is 32.2. The van der Waals surface area contributed by atoms with Gasteiger partial charge in [0, 0.05) is 35.4 Å². The highest BCUT2D eigenvalue weighted by molar-refractivity contribution is 8.00. The fourth-order valence-corrected chi connectivity index (χ4v) is 6.42. The Hall–Kier alpha value is -4.13. The first-order chi connectivity index (χ1) is 22.9. The summed E-state index contributed by atoms with van der Waals surface area (Å²) >= 11 is 1.15. The molecule has 0 saturated carbocycles. The van der Waals surface area contributed by atoms with E-state index in [1.54, 1.807) is 16.4 Å². The predicted molar refractivity (Wildman–Crippen MR) is 185 cm³/mol. The summed E-state index contributed by atoms with van der Waals surface area (Å²) in [5.41, 5.74) is 4.93. The summed E-state index contributed by atoms with van der Waals surface area (Å²) in [6.07, 6.45) is 2.05. The van der Waals surface area contributed by atoms with Crippen molar-refractivity contribution in [1.29, 1.82) is 0 Å². The van der Waals surface area contributed by atoms with Gasteiger partial charge in [0.2, 0.25) is 5.82 Å². The Morgan fingerprint density at radius 1 is 1.10 bits per heavy atom. The molecule has 0 bridgehead atoms. The summed E-state index contributed by atoms with van der Waals surface area (Å²) in [5.74, 6) is 1.70. The topological polar surface area (TPSA) is 123 Å². The van der Waals surface area contributed by atoms with E-state index in [0.717, 1.165) is 62.0 Å². The van der Waals surface area contributed by atoms with Crippen LogP contribution in [-0.4, -0.2) is 43.1 Å². The van der Waals surface area contributed by atoms with Gasteiger partial charge in [0.05, 0.1) is 37.5 Å². The summed E-state index contributed by atoms with van der Waals surface area (Å²) in [4.78, 5) is 34.2. The van der Waals surface area contributed by atoms with Gasteiger partial charge in [-0.05, 0) is 76.3 Å². The van der Waals surface area contributed by atoms with E-state index >= 15 is 0 Å². The number of amides is 1. The minimum Gasteiger partial charge on any atom is -0.444 e. The molecule has 1 aliphatic heterocycles. The third-order valence-corrected chi connectivity index (χ3v) is 9.07. The Kier molecular flexibility index (Phi) is 11.0. The molecule has 0 radical (unpaired) electrons. The van der Waals surface area contributed by atoms with Crippen molar-refractivity contribution in [2.45, 2.75) is 104 Å². The van der Waals surface area contributed by atoms with Gasteiger partial charge in [-0.2, -0.15) is 4.47 Å². The van der Waals surface area contributed by atoms with Crippen LogP contribution < -0.4 is 10.0 Å². The molecule has 0 atom stereocenters.